The molecule has 0 fully saturated rings. The van der Waals surface area contributed by atoms with E-state index in [1.165, 1.54) is 13.3 Å². The Morgan fingerprint density at radius 3 is 2.74 bits per heavy atom. The van der Waals surface area contributed by atoms with E-state index in [1.807, 2.05) is 13.8 Å². The number of carbonyl (C=O) groups excluding carboxylic acids is 1. The Morgan fingerprint density at radius 1 is 1.47 bits per heavy atom. The molecule has 0 spiro atoms. The first-order valence-corrected chi connectivity index (χ1v) is 6.58. The summed E-state index contributed by atoms with van der Waals surface area (Å²) >= 11 is 5.95. The molecular formula is C12H19ClN4O2. The summed E-state index contributed by atoms with van der Waals surface area (Å²) in [5.41, 5.74) is 0. The highest BCUT2D eigenvalue weighted by atomic mass is 35.5. The van der Waals surface area contributed by atoms with Crippen molar-refractivity contribution in [2.75, 3.05) is 32.1 Å². The highest BCUT2D eigenvalue weighted by Gasteiger charge is 2.10. The molecule has 1 aromatic heterocycles. The first-order chi connectivity index (χ1) is 9.12. The van der Waals surface area contributed by atoms with Gasteiger partial charge in [0.2, 0.25) is 5.91 Å². The molecule has 0 saturated carbocycles. The van der Waals surface area contributed by atoms with Gasteiger partial charge in [-0.2, -0.15) is 4.98 Å². The van der Waals surface area contributed by atoms with Gasteiger partial charge in [0.05, 0.1) is 13.3 Å². The molecule has 1 amide bonds. The van der Waals surface area contributed by atoms with Gasteiger partial charge in [0.1, 0.15) is 5.02 Å². The summed E-state index contributed by atoms with van der Waals surface area (Å²) in [4.78, 5) is 21.5. The average Bonchev–Trinajstić information content (AvgIpc) is 2.42. The third-order valence-corrected chi connectivity index (χ3v) is 2.93. The molecule has 1 N–H and O–H groups in total. The maximum Gasteiger partial charge on any atom is 0.318 e. The first kappa shape index (κ1) is 15.5. The lowest BCUT2D eigenvalue weighted by Gasteiger charge is -2.18. The van der Waals surface area contributed by atoms with Gasteiger partial charge in [-0.3, -0.25) is 4.79 Å². The maximum atomic E-state index is 11.8. The van der Waals surface area contributed by atoms with E-state index < -0.39 is 0 Å². The fraction of sp³-hybridized carbons (Fsp3) is 0.583. The minimum absolute atomic E-state index is 0.106. The standard InChI is InChI=1S/C12H19ClN4O2/c1-4-17(5-2)10(18)6-7-14-11-9(13)8-15-12(16-11)19-3/h8H,4-7H2,1-3H3,(H,14,15,16). The number of carbonyl (C=O) groups is 1. The normalized spacial score (nSPS) is 10.1. The fourth-order valence-corrected chi connectivity index (χ4v) is 1.75. The van der Waals surface area contributed by atoms with Crippen LogP contribution in [-0.4, -0.2) is 47.5 Å². The zero-order valence-electron chi connectivity index (χ0n) is 11.4. The number of halogens is 1. The summed E-state index contributed by atoms with van der Waals surface area (Å²) in [7, 11) is 1.48. The number of hydrogen-bond donors (Lipinski definition) is 1. The summed E-state index contributed by atoms with van der Waals surface area (Å²) in [5.74, 6) is 0.579. The molecule has 0 unspecified atom stereocenters. The Balaban J connectivity index is 2.51. The quantitative estimate of drug-likeness (QED) is 0.828. The second-order valence-corrected chi connectivity index (χ2v) is 4.20. The van der Waals surface area contributed by atoms with Crippen LogP contribution in [0.2, 0.25) is 5.02 Å². The van der Waals surface area contributed by atoms with Crippen LogP contribution in [0.4, 0.5) is 5.82 Å². The van der Waals surface area contributed by atoms with Gasteiger partial charge in [-0.25, -0.2) is 4.98 Å². The van der Waals surface area contributed by atoms with Crippen molar-refractivity contribution in [2.24, 2.45) is 0 Å². The van der Waals surface area contributed by atoms with Crippen molar-refractivity contribution >= 4 is 23.3 Å². The van der Waals surface area contributed by atoms with Gasteiger partial charge in [-0.15, -0.1) is 0 Å². The van der Waals surface area contributed by atoms with E-state index in [9.17, 15) is 4.79 Å². The molecule has 0 saturated heterocycles. The molecule has 0 aromatic carbocycles. The molecule has 0 aliphatic heterocycles. The Hall–Kier alpha value is -1.56. The van der Waals surface area contributed by atoms with Gasteiger partial charge in [0.15, 0.2) is 5.82 Å². The number of rotatable bonds is 7. The predicted octanol–water partition coefficient (Wildman–Crippen LogP) is 1.81. The molecule has 1 heterocycles. The summed E-state index contributed by atoms with van der Waals surface area (Å²) in [6.45, 7) is 5.83. The number of nitrogens with zero attached hydrogens (tertiary/aromatic N) is 3. The van der Waals surface area contributed by atoms with Crippen molar-refractivity contribution in [3.63, 3.8) is 0 Å². The van der Waals surface area contributed by atoms with Crippen LogP contribution in [0, 0.1) is 0 Å². The lowest BCUT2D eigenvalue weighted by molar-refractivity contribution is -0.130. The lowest BCUT2D eigenvalue weighted by Crippen LogP contribution is -2.31. The number of ether oxygens (including phenoxy) is 1. The van der Waals surface area contributed by atoms with Crippen LogP contribution in [0.1, 0.15) is 20.3 Å². The SMILES string of the molecule is CCN(CC)C(=O)CCNc1nc(OC)ncc1Cl. The average molecular weight is 287 g/mol. The van der Waals surface area contributed by atoms with Crippen LogP contribution in [0.25, 0.3) is 0 Å². The van der Waals surface area contributed by atoms with Crippen LogP contribution in [0.15, 0.2) is 6.20 Å². The van der Waals surface area contributed by atoms with Crippen LogP contribution < -0.4 is 10.1 Å². The first-order valence-electron chi connectivity index (χ1n) is 6.20. The molecule has 0 atom stereocenters. The van der Waals surface area contributed by atoms with Crippen molar-refractivity contribution in [1.29, 1.82) is 0 Å². The van der Waals surface area contributed by atoms with Crippen LogP contribution in [0.5, 0.6) is 6.01 Å². The fourth-order valence-electron chi connectivity index (χ4n) is 1.60. The van der Waals surface area contributed by atoms with Crippen molar-refractivity contribution in [1.82, 2.24) is 14.9 Å². The van der Waals surface area contributed by atoms with Gasteiger partial charge in [0.25, 0.3) is 0 Å². The Morgan fingerprint density at radius 2 is 2.16 bits per heavy atom. The Labute approximate surface area is 118 Å². The number of hydrogen-bond acceptors (Lipinski definition) is 5. The van der Waals surface area contributed by atoms with Crippen LogP contribution >= 0.6 is 11.6 Å². The molecule has 7 heteroatoms. The molecular weight excluding hydrogens is 268 g/mol. The molecule has 1 rings (SSSR count). The van der Waals surface area contributed by atoms with E-state index in [0.29, 0.717) is 23.8 Å². The maximum absolute atomic E-state index is 11.8. The zero-order valence-corrected chi connectivity index (χ0v) is 12.2. The van der Waals surface area contributed by atoms with E-state index in [2.05, 4.69) is 15.3 Å². The molecule has 1 aromatic rings. The predicted molar refractivity (Wildman–Crippen MR) is 74.6 cm³/mol. The monoisotopic (exact) mass is 286 g/mol. The summed E-state index contributed by atoms with van der Waals surface area (Å²) in [6, 6.07) is 0.238. The molecule has 0 bridgehead atoms. The smallest absolute Gasteiger partial charge is 0.318 e. The number of aromatic nitrogens is 2. The zero-order chi connectivity index (χ0) is 14.3. The minimum Gasteiger partial charge on any atom is -0.467 e. The Kier molecular flexibility index (Phi) is 6.35. The van der Waals surface area contributed by atoms with Crippen LogP contribution in [-0.2, 0) is 4.79 Å². The topological polar surface area (TPSA) is 67.4 Å². The minimum atomic E-state index is 0.106. The highest BCUT2D eigenvalue weighted by molar-refractivity contribution is 6.32. The molecule has 0 radical (unpaired) electrons. The van der Waals surface area contributed by atoms with Gasteiger partial charge >= 0.3 is 6.01 Å². The van der Waals surface area contributed by atoms with E-state index in [4.69, 9.17) is 16.3 Å². The molecule has 0 aliphatic carbocycles. The van der Waals surface area contributed by atoms with Gasteiger partial charge in [0, 0.05) is 26.1 Å². The Bertz CT molecular complexity index is 424. The lowest BCUT2D eigenvalue weighted by atomic mass is 10.3. The molecule has 0 aliphatic rings. The van der Waals surface area contributed by atoms with Gasteiger partial charge < -0.3 is 15.0 Å². The summed E-state index contributed by atoms with van der Waals surface area (Å²) < 4.78 is 4.91. The van der Waals surface area contributed by atoms with Crippen molar-refractivity contribution < 1.29 is 9.53 Å². The third-order valence-electron chi connectivity index (χ3n) is 2.65. The van der Waals surface area contributed by atoms with Gasteiger partial charge in [-0.05, 0) is 13.8 Å². The third kappa shape index (κ3) is 4.55. The molecule has 19 heavy (non-hydrogen) atoms. The van der Waals surface area contributed by atoms with Gasteiger partial charge in [-0.1, -0.05) is 11.6 Å². The number of nitrogens with one attached hydrogen (secondary N) is 1. The van der Waals surface area contributed by atoms with Crippen molar-refractivity contribution in [2.45, 2.75) is 20.3 Å². The van der Waals surface area contributed by atoms with Crippen LogP contribution in [0.3, 0.4) is 0 Å². The highest BCUT2D eigenvalue weighted by Crippen LogP contribution is 2.19. The molecule has 6 nitrogen and oxygen atoms in total. The van der Waals surface area contributed by atoms with E-state index >= 15 is 0 Å². The van der Waals surface area contributed by atoms with Crippen molar-refractivity contribution in [3.8, 4) is 6.01 Å². The largest absolute Gasteiger partial charge is 0.467 e. The van der Waals surface area contributed by atoms with E-state index in [-0.39, 0.29) is 11.9 Å². The van der Waals surface area contributed by atoms with E-state index in [1.54, 1.807) is 4.90 Å². The summed E-state index contributed by atoms with van der Waals surface area (Å²) in [5, 5.41) is 3.41. The number of amides is 1. The van der Waals surface area contributed by atoms with Crippen molar-refractivity contribution in [3.05, 3.63) is 11.2 Å². The molecule has 106 valence electrons. The number of methoxy groups -OCH3 is 1. The second-order valence-electron chi connectivity index (χ2n) is 3.80. The van der Waals surface area contributed by atoms with E-state index in [0.717, 1.165) is 13.1 Å². The second kappa shape index (κ2) is 7.78. The number of anilines is 1. The summed E-state index contributed by atoms with van der Waals surface area (Å²) in [6.07, 6.45) is 1.85.